The second-order valence-corrected chi connectivity index (χ2v) is 6.22. The first-order valence-corrected chi connectivity index (χ1v) is 6.84. The van der Waals surface area contributed by atoms with Gasteiger partial charge in [0.25, 0.3) is 0 Å². The summed E-state index contributed by atoms with van der Waals surface area (Å²) in [5, 5.41) is 12.5. The molecule has 0 atom stereocenters. The van der Waals surface area contributed by atoms with Gasteiger partial charge in [-0.3, -0.25) is 0 Å². The number of hydrogen-bond donors (Lipinski definition) is 2. The number of anilines is 1. The number of piperidine rings is 1. The monoisotopic (exact) mass is 281 g/mol. The topological polar surface area (TPSA) is 61.8 Å². The highest BCUT2D eigenvalue weighted by molar-refractivity contribution is 6.34. The standard InChI is InChI=1S/C14H20ClN3O/c1-14(2)7-4-8-18(9-14)11-6-3-5-10(15)12(11)13(16)17-19/h3,5-6,19H,4,7-9H2,1-2H3,(H2,16,17). The molecule has 1 aromatic rings. The van der Waals surface area contributed by atoms with Gasteiger partial charge in [0, 0.05) is 18.8 Å². The third kappa shape index (κ3) is 2.95. The van der Waals surface area contributed by atoms with Gasteiger partial charge in [-0.15, -0.1) is 0 Å². The van der Waals surface area contributed by atoms with E-state index in [9.17, 15) is 0 Å². The lowest BCUT2D eigenvalue weighted by Crippen LogP contribution is -2.41. The van der Waals surface area contributed by atoms with E-state index in [-0.39, 0.29) is 11.3 Å². The average molecular weight is 282 g/mol. The lowest BCUT2D eigenvalue weighted by molar-refractivity contribution is 0.293. The molecule has 0 unspecified atom stereocenters. The Morgan fingerprint density at radius 2 is 2.21 bits per heavy atom. The van der Waals surface area contributed by atoms with Crippen LogP contribution in [-0.4, -0.2) is 24.1 Å². The Balaban J connectivity index is 2.42. The van der Waals surface area contributed by atoms with E-state index in [1.54, 1.807) is 6.07 Å². The van der Waals surface area contributed by atoms with Crippen molar-refractivity contribution in [2.24, 2.45) is 16.3 Å². The zero-order valence-electron chi connectivity index (χ0n) is 11.4. The molecule has 19 heavy (non-hydrogen) atoms. The van der Waals surface area contributed by atoms with Crippen molar-refractivity contribution in [2.45, 2.75) is 26.7 Å². The van der Waals surface area contributed by atoms with Gasteiger partial charge < -0.3 is 15.8 Å². The second-order valence-electron chi connectivity index (χ2n) is 5.81. The van der Waals surface area contributed by atoms with Crippen LogP contribution in [0.1, 0.15) is 32.3 Å². The minimum atomic E-state index is 0.0592. The maximum atomic E-state index is 8.92. The van der Waals surface area contributed by atoms with Crippen LogP contribution in [0.25, 0.3) is 0 Å². The minimum Gasteiger partial charge on any atom is -0.409 e. The molecular weight excluding hydrogens is 262 g/mol. The fourth-order valence-electron chi connectivity index (χ4n) is 2.71. The summed E-state index contributed by atoms with van der Waals surface area (Å²) < 4.78 is 0. The molecule has 3 N–H and O–H groups in total. The van der Waals surface area contributed by atoms with Crippen molar-refractivity contribution in [1.29, 1.82) is 0 Å². The summed E-state index contributed by atoms with van der Waals surface area (Å²) in [6.45, 7) is 6.42. The van der Waals surface area contributed by atoms with Crippen LogP contribution in [-0.2, 0) is 0 Å². The fraction of sp³-hybridized carbons (Fsp3) is 0.500. The Morgan fingerprint density at radius 1 is 1.47 bits per heavy atom. The average Bonchev–Trinajstić information content (AvgIpc) is 2.36. The molecule has 1 fully saturated rings. The van der Waals surface area contributed by atoms with Crippen LogP contribution in [0.2, 0.25) is 5.02 Å². The number of amidine groups is 1. The lowest BCUT2D eigenvalue weighted by Gasteiger charge is -2.40. The van der Waals surface area contributed by atoms with Crippen molar-refractivity contribution >= 4 is 23.1 Å². The number of halogens is 1. The minimum absolute atomic E-state index is 0.0592. The zero-order chi connectivity index (χ0) is 14.0. The molecule has 1 saturated heterocycles. The molecule has 5 heteroatoms. The number of nitrogens with two attached hydrogens (primary N) is 1. The summed E-state index contributed by atoms with van der Waals surface area (Å²) >= 11 is 6.19. The summed E-state index contributed by atoms with van der Waals surface area (Å²) in [6.07, 6.45) is 2.35. The first kappa shape index (κ1) is 14.0. The van der Waals surface area contributed by atoms with Crippen LogP contribution >= 0.6 is 11.6 Å². The Bertz CT molecular complexity index is 499. The van der Waals surface area contributed by atoms with E-state index >= 15 is 0 Å². The van der Waals surface area contributed by atoms with E-state index < -0.39 is 0 Å². The molecule has 0 amide bonds. The van der Waals surface area contributed by atoms with E-state index in [2.05, 4.69) is 23.9 Å². The molecule has 2 rings (SSSR count). The smallest absolute Gasteiger partial charge is 0.173 e. The van der Waals surface area contributed by atoms with E-state index in [0.717, 1.165) is 25.2 Å². The van der Waals surface area contributed by atoms with E-state index in [0.29, 0.717) is 10.6 Å². The lowest BCUT2D eigenvalue weighted by atomic mass is 9.84. The predicted molar refractivity (Wildman–Crippen MR) is 79.2 cm³/mol. The molecular formula is C14H20ClN3O. The highest BCUT2D eigenvalue weighted by Gasteiger charge is 2.28. The van der Waals surface area contributed by atoms with Gasteiger partial charge in [0.2, 0.25) is 0 Å². The number of hydrogen-bond acceptors (Lipinski definition) is 3. The molecule has 0 bridgehead atoms. The van der Waals surface area contributed by atoms with Gasteiger partial charge in [-0.2, -0.15) is 0 Å². The third-order valence-corrected chi connectivity index (χ3v) is 3.91. The number of benzene rings is 1. The molecule has 0 radical (unpaired) electrons. The van der Waals surface area contributed by atoms with Crippen LogP contribution in [0.5, 0.6) is 0 Å². The van der Waals surface area contributed by atoms with Crippen molar-refractivity contribution in [1.82, 2.24) is 0 Å². The molecule has 1 heterocycles. The number of rotatable bonds is 2. The van der Waals surface area contributed by atoms with Crippen molar-refractivity contribution < 1.29 is 5.21 Å². The van der Waals surface area contributed by atoms with Gasteiger partial charge in [-0.25, -0.2) is 0 Å². The Morgan fingerprint density at radius 3 is 2.84 bits per heavy atom. The van der Waals surface area contributed by atoms with Gasteiger partial charge in [0.15, 0.2) is 5.84 Å². The number of nitrogens with zero attached hydrogens (tertiary/aromatic N) is 2. The Labute approximate surface area is 118 Å². The normalized spacial score (nSPS) is 19.5. The molecule has 104 valence electrons. The molecule has 0 saturated carbocycles. The van der Waals surface area contributed by atoms with Gasteiger partial charge in [0.1, 0.15) is 0 Å². The Kier molecular flexibility index (Phi) is 3.90. The van der Waals surface area contributed by atoms with Crippen molar-refractivity contribution in [2.75, 3.05) is 18.0 Å². The third-order valence-electron chi connectivity index (χ3n) is 3.60. The molecule has 1 aliphatic rings. The highest BCUT2D eigenvalue weighted by Crippen LogP contribution is 2.35. The van der Waals surface area contributed by atoms with E-state index in [1.165, 1.54) is 6.42 Å². The number of oxime groups is 1. The van der Waals surface area contributed by atoms with Gasteiger partial charge in [-0.05, 0) is 30.4 Å². The van der Waals surface area contributed by atoms with Crippen molar-refractivity contribution in [3.8, 4) is 0 Å². The van der Waals surface area contributed by atoms with Crippen LogP contribution in [0.3, 0.4) is 0 Å². The Hall–Kier alpha value is -1.42. The molecule has 0 spiro atoms. The first-order valence-electron chi connectivity index (χ1n) is 6.46. The summed E-state index contributed by atoms with van der Waals surface area (Å²) in [4.78, 5) is 2.27. The largest absolute Gasteiger partial charge is 0.409 e. The van der Waals surface area contributed by atoms with E-state index in [4.69, 9.17) is 22.5 Å². The molecule has 4 nitrogen and oxygen atoms in total. The SMILES string of the molecule is CC1(C)CCCN(c2cccc(Cl)c2C(N)=NO)C1. The molecule has 0 aromatic heterocycles. The summed E-state index contributed by atoms with van der Waals surface area (Å²) in [6, 6.07) is 5.63. The summed E-state index contributed by atoms with van der Waals surface area (Å²) in [5.74, 6) is 0.0592. The van der Waals surface area contributed by atoms with Crippen molar-refractivity contribution in [3.63, 3.8) is 0 Å². The van der Waals surface area contributed by atoms with Gasteiger partial charge in [0.05, 0.1) is 10.6 Å². The summed E-state index contributed by atoms with van der Waals surface area (Å²) in [7, 11) is 0. The van der Waals surface area contributed by atoms with Crippen LogP contribution in [0.4, 0.5) is 5.69 Å². The first-order chi connectivity index (χ1) is 8.94. The predicted octanol–water partition coefficient (Wildman–Crippen LogP) is 3.06. The van der Waals surface area contributed by atoms with Gasteiger partial charge >= 0.3 is 0 Å². The van der Waals surface area contributed by atoms with Crippen LogP contribution in [0.15, 0.2) is 23.4 Å². The van der Waals surface area contributed by atoms with Crippen LogP contribution in [0, 0.1) is 5.41 Å². The fourth-order valence-corrected chi connectivity index (χ4v) is 2.98. The van der Waals surface area contributed by atoms with Crippen molar-refractivity contribution in [3.05, 3.63) is 28.8 Å². The molecule has 0 aliphatic carbocycles. The quantitative estimate of drug-likeness (QED) is 0.379. The maximum Gasteiger partial charge on any atom is 0.173 e. The second kappa shape index (κ2) is 5.29. The zero-order valence-corrected chi connectivity index (χ0v) is 12.1. The van der Waals surface area contributed by atoms with Gasteiger partial charge in [-0.1, -0.05) is 36.7 Å². The summed E-state index contributed by atoms with van der Waals surface area (Å²) in [5.41, 5.74) is 7.58. The van der Waals surface area contributed by atoms with E-state index in [1.807, 2.05) is 12.1 Å². The van der Waals surface area contributed by atoms with Crippen LogP contribution < -0.4 is 10.6 Å². The molecule has 1 aromatic carbocycles. The molecule has 1 aliphatic heterocycles. The highest BCUT2D eigenvalue weighted by atomic mass is 35.5. The maximum absolute atomic E-state index is 8.92.